The first-order valence-corrected chi connectivity index (χ1v) is 5.14. The number of ether oxygens (including phenoxy) is 1. The first-order chi connectivity index (χ1) is 7.87. The Hall–Kier alpha value is -1.62. The molecule has 0 aliphatic carbocycles. The van der Waals surface area contributed by atoms with Crippen LogP contribution in [0.4, 0.5) is 10.1 Å². The van der Waals surface area contributed by atoms with Crippen molar-refractivity contribution in [2.45, 2.75) is 26.4 Å². The number of hydrogen-bond donors (Lipinski definition) is 0. The number of benzene rings is 1. The van der Waals surface area contributed by atoms with Crippen LogP contribution in [0.2, 0.25) is 0 Å². The molecule has 94 valence electrons. The molecule has 0 saturated carbocycles. The fourth-order valence-electron chi connectivity index (χ4n) is 1.26. The van der Waals surface area contributed by atoms with Crippen LogP contribution in [0.3, 0.4) is 0 Å². The Bertz CT molecular complexity index is 401. The fraction of sp³-hybridized carbons (Fsp3) is 0.417. The van der Waals surface area contributed by atoms with Crippen LogP contribution < -0.4 is 9.80 Å². The van der Waals surface area contributed by atoms with E-state index in [4.69, 9.17) is 9.57 Å². The van der Waals surface area contributed by atoms with Gasteiger partial charge < -0.3 is 4.74 Å². The Morgan fingerprint density at radius 2 is 2.00 bits per heavy atom. The Labute approximate surface area is 99.9 Å². The molecule has 1 rings (SSSR count). The maximum absolute atomic E-state index is 13.2. The molecule has 0 unspecified atom stereocenters. The van der Waals surface area contributed by atoms with E-state index in [1.807, 2.05) is 0 Å². The molecule has 1 amide bonds. The van der Waals surface area contributed by atoms with Gasteiger partial charge in [0.25, 0.3) is 0 Å². The van der Waals surface area contributed by atoms with Crippen LogP contribution in [0.15, 0.2) is 18.2 Å². The lowest BCUT2D eigenvalue weighted by molar-refractivity contribution is -0.120. The summed E-state index contributed by atoms with van der Waals surface area (Å²) in [6, 6.07) is 3.87. The van der Waals surface area contributed by atoms with Gasteiger partial charge in [0.15, 0.2) is 0 Å². The Morgan fingerprint density at radius 1 is 1.35 bits per heavy atom. The first kappa shape index (κ1) is 13.4. The van der Waals surface area contributed by atoms with Gasteiger partial charge in [-0.05, 0) is 32.9 Å². The highest BCUT2D eigenvalue weighted by Gasteiger charge is 2.20. The van der Waals surface area contributed by atoms with Crippen molar-refractivity contribution in [1.82, 2.24) is 0 Å². The van der Waals surface area contributed by atoms with E-state index in [0.29, 0.717) is 12.2 Å². The van der Waals surface area contributed by atoms with Crippen LogP contribution >= 0.6 is 0 Å². The lowest BCUT2D eigenvalue weighted by Crippen LogP contribution is -2.33. The highest BCUT2D eigenvalue weighted by atomic mass is 19.1. The van der Waals surface area contributed by atoms with Crippen molar-refractivity contribution < 1.29 is 18.8 Å². The van der Waals surface area contributed by atoms with Crippen LogP contribution in [-0.4, -0.2) is 19.1 Å². The van der Waals surface area contributed by atoms with Gasteiger partial charge in [-0.15, -0.1) is 0 Å². The Balaban J connectivity index is 3.10. The summed E-state index contributed by atoms with van der Waals surface area (Å²) in [7, 11) is 1.44. The third-order valence-corrected chi connectivity index (χ3v) is 1.85. The van der Waals surface area contributed by atoms with Crippen LogP contribution in [-0.2, 0) is 9.63 Å². The van der Waals surface area contributed by atoms with E-state index in [-0.39, 0.29) is 5.69 Å². The molecule has 0 radical (unpaired) electrons. The highest BCUT2D eigenvalue weighted by Crippen LogP contribution is 2.29. The highest BCUT2D eigenvalue weighted by molar-refractivity contribution is 5.76. The summed E-state index contributed by atoms with van der Waals surface area (Å²) in [5.41, 5.74) is -0.337. The van der Waals surface area contributed by atoms with Gasteiger partial charge in [0, 0.05) is 6.07 Å². The summed E-state index contributed by atoms with van der Waals surface area (Å²) in [4.78, 5) is 16.4. The van der Waals surface area contributed by atoms with E-state index in [9.17, 15) is 9.18 Å². The maximum atomic E-state index is 13.2. The summed E-state index contributed by atoms with van der Waals surface area (Å²) < 4.78 is 18.2. The number of anilines is 1. The molecule has 17 heavy (non-hydrogen) atoms. The number of nitrogens with zero attached hydrogens (tertiary/aromatic N) is 1. The number of hydrogen-bond acceptors (Lipinski definition) is 3. The molecule has 0 bridgehead atoms. The lowest BCUT2D eigenvalue weighted by Gasteiger charge is -2.27. The number of carbonyl (C=O) groups excluding carboxylic acids is 1. The van der Waals surface area contributed by atoms with E-state index in [0.717, 1.165) is 5.06 Å². The number of rotatable bonds is 4. The lowest BCUT2D eigenvalue weighted by atomic mass is 10.2. The molecule has 0 N–H and O–H groups in total. The second kappa shape index (κ2) is 5.14. The minimum atomic E-state index is -0.571. The molecule has 0 spiro atoms. The van der Waals surface area contributed by atoms with Crippen molar-refractivity contribution >= 4 is 12.1 Å². The van der Waals surface area contributed by atoms with Gasteiger partial charge in [0.05, 0.1) is 12.7 Å². The third kappa shape index (κ3) is 3.71. The quantitative estimate of drug-likeness (QED) is 0.600. The SMILES string of the molecule is COc1ccc(F)cc1N(C=O)OC(C)(C)C. The normalized spacial score (nSPS) is 11.1. The van der Waals surface area contributed by atoms with Crippen molar-refractivity contribution in [3.05, 3.63) is 24.0 Å². The molecule has 0 saturated heterocycles. The Kier molecular flexibility index (Phi) is 4.07. The standard InChI is InChI=1S/C12H16FNO3/c1-12(2,3)17-14(8-15)10-7-9(13)5-6-11(10)16-4/h5-8H,1-4H3. The molecule has 5 heteroatoms. The summed E-state index contributed by atoms with van der Waals surface area (Å²) in [5, 5.41) is 0.960. The number of amides is 1. The zero-order valence-electron chi connectivity index (χ0n) is 10.4. The monoisotopic (exact) mass is 241 g/mol. The minimum Gasteiger partial charge on any atom is -0.494 e. The van der Waals surface area contributed by atoms with Crippen LogP contribution in [0, 0.1) is 5.82 Å². The molecule has 0 fully saturated rings. The van der Waals surface area contributed by atoms with Gasteiger partial charge >= 0.3 is 0 Å². The van der Waals surface area contributed by atoms with Crippen molar-refractivity contribution in [3.63, 3.8) is 0 Å². The fourth-order valence-corrected chi connectivity index (χ4v) is 1.26. The molecule has 1 aromatic rings. The summed E-state index contributed by atoms with van der Waals surface area (Å²) >= 11 is 0. The van der Waals surface area contributed by atoms with E-state index in [1.54, 1.807) is 20.8 Å². The minimum absolute atomic E-state index is 0.234. The molecular weight excluding hydrogens is 225 g/mol. The molecule has 0 aromatic heterocycles. The number of methoxy groups -OCH3 is 1. The molecule has 1 aromatic carbocycles. The van der Waals surface area contributed by atoms with Crippen LogP contribution in [0.1, 0.15) is 20.8 Å². The van der Waals surface area contributed by atoms with Gasteiger partial charge in [-0.25, -0.2) is 4.39 Å². The van der Waals surface area contributed by atoms with Crippen molar-refractivity contribution in [2.75, 3.05) is 12.2 Å². The van der Waals surface area contributed by atoms with Crippen LogP contribution in [0.25, 0.3) is 0 Å². The van der Waals surface area contributed by atoms with Crippen molar-refractivity contribution in [2.24, 2.45) is 0 Å². The molecule has 0 heterocycles. The summed E-state index contributed by atoms with van der Waals surface area (Å²) in [6.07, 6.45) is 0.475. The summed E-state index contributed by atoms with van der Waals surface area (Å²) in [5.74, 6) is -0.104. The van der Waals surface area contributed by atoms with Gasteiger partial charge in [-0.2, -0.15) is 5.06 Å². The molecule has 0 aliphatic heterocycles. The molecule has 0 aliphatic rings. The van der Waals surface area contributed by atoms with Gasteiger partial charge in [-0.3, -0.25) is 9.63 Å². The number of carbonyl (C=O) groups is 1. The van der Waals surface area contributed by atoms with Gasteiger partial charge in [0.2, 0.25) is 6.41 Å². The van der Waals surface area contributed by atoms with E-state index in [1.165, 1.54) is 25.3 Å². The van der Waals surface area contributed by atoms with E-state index < -0.39 is 11.4 Å². The number of hydroxylamine groups is 1. The first-order valence-electron chi connectivity index (χ1n) is 5.14. The van der Waals surface area contributed by atoms with E-state index >= 15 is 0 Å². The predicted molar refractivity (Wildman–Crippen MR) is 62.3 cm³/mol. The van der Waals surface area contributed by atoms with E-state index in [2.05, 4.69) is 0 Å². The van der Waals surface area contributed by atoms with Crippen LogP contribution in [0.5, 0.6) is 5.75 Å². The second-order valence-electron chi connectivity index (χ2n) is 4.45. The van der Waals surface area contributed by atoms with Gasteiger partial charge in [-0.1, -0.05) is 0 Å². The average molecular weight is 241 g/mol. The number of halogens is 1. The molecule has 0 atom stereocenters. The average Bonchev–Trinajstić information content (AvgIpc) is 2.24. The second-order valence-corrected chi connectivity index (χ2v) is 4.45. The Morgan fingerprint density at radius 3 is 2.47 bits per heavy atom. The third-order valence-electron chi connectivity index (χ3n) is 1.85. The predicted octanol–water partition coefficient (Wildman–Crippen LogP) is 2.53. The maximum Gasteiger partial charge on any atom is 0.238 e. The molecule has 4 nitrogen and oxygen atoms in total. The van der Waals surface area contributed by atoms with Gasteiger partial charge in [0.1, 0.15) is 17.3 Å². The largest absolute Gasteiger partial charge is 0.494 e. The zero-order valence-corrected chi connectivity index (χ0v) is 10.4. The smallest absolute Gasteiger partial charge is 0.238 e. The molecular formula is C12H16FNO3. The van der Waals surface area contributed by atoms with Crippen molar-refractivity contribution in [1.29, 1.82) is 0 Å². The topological polar surface area (TPSA) is 38.8 Å². The zero-order chi connectivity index (χ0) is 13.1. The summed E-state index contributed by atoms with van der Waals surface area (Å²) in [6.45, 7) is 5.36. The van der Waals surface area contributed by atoms with Crippen molar-refractivity contribution in [3.8, 4) is 5.75 Å².